The molecule has 2 amide bonds. The highest BCUT2D eigenvalue weighted by molar-refractivity contribution is 7.60. The van der Waals surface area contributed by atoms with E-state index in [4.69, 9.17) is 0 Å². The average Bonchev–Trinajstić information content (AvgIpc) is 3.16. The van der Waals surface area contributed by atoms with Gasteiger partial charge in [0.15, 0.2) is 0 Å². The third kappa shape index (κ3) is 6.08. The van der Waals surface area contributed by atoms with E-state index in [0.717, 1.165) is 56.2 Å². The van der Waals surface area contributed by atoms with Crippen LogP contribution in [0.4, 0.5) is 5.69 Å². The Morgan fingerprint density at radius 3 is 2.32 bits per heavy atom. The van der Waals surface area contributed by atoms with E-state index < -0.39 is 7.60 Å². The summed E-state index contributed by atoms with van der Waals surface area (Å²) in [4.78, 5) is 63.4. The van der Waals surface area contributed by atoms with Crippen molar-refractivity contribution in [3.05, 3.63) is 80.3 Å². The zero-order chi connectivity index (χ0) is 29.3. The first-order valence-electron chi connectivity index (χ1n) is 14.2. The number of hydrogen-bond acceptors (Lipinski definition) is 4. The van der Waals surface area contributed by atoms with Crippen molar-refractivity contribution >= 4 is 30.4 Å². The second-order valence-electron chi connectivity index (χ2n) is 11.0. The number of aromatic nitrogens is 1. The number of hydrogen-bond donors (Lipinski definition) is 4. The van der Waals surface area contributed by atoms with Crippen LogP contribution in [0.2, 0.25) is 0 Å². The highest BCUT2D eigenvalue weighted by atomic mass is 31.2. The van der Waals surface area contributed by atoms with E-state index >= 15 is 0 Å². The zero-order valence-corrected chi connectivity index (χ0v) is 24.4. The van der Waals surface area contributed by atoms with Gasteiger partial charge in [-0.1, -0.05) is 18.6 Å². The third-order valence-corrected chi connectivity index (χ3v) is 9.28. The minimum atomic E-state index is -4.41. The number of rotatable bonds is 6. The van der Waals surface area contributed by atoms with Crippen molar-refractivity contribution in [1.29, 1.82) is 0 Å². The minimum absolute atomic E-state index is 0.00349. The minimum Gasteiger partial charge on any atom is -0.348 e. The molecule has 4 N–H and O–H groups in total. The van der Waals surface area contributed by atoms with Crippen LogP contribution in [-0.2, 0) is 28.7 Å². The van der Waals surface area contributed by atoms with E-state index in [1.165, 1.54) is 17.7 Å². The Morgan fingerprint density at radius 2 is 1.61 bits per heavy atom. The lowest BCUT2D eigenvalue weighted by Crippen LogP contribution is -2.33. The highest BCUT2D eigenvalue weighted by Crippen LogP contribution is 2.36. The van der Waals surface area contributed by atoms with Crippen molar-refractivity contribution in [2.24, 2.45) is 0 Å². The van der Waals surface area contributed by atoms with E-state index in [1.54, 1.807) is 23.1 Å². The van der Waals surface area contributed by atoms with Gasteiger partial charge in [0, 0.05) is 42.0 Å². The number of carbonyl (C=O) groups excluding carboxylic acids is 2. The molecule has 0 radical (unpaired) electrons. The fourth-order valence-electron chi connectivity index (χ4n) is 6.03. The van der Waals surface area contributed by atoms with E-state index in [2.05, 4.69) is 10.3 Å². The predicted octanol–water partition coefficient (Wildman–Crippen LogP) is 4.18. The number of benzene rings is 2. The van der Waals surface area contributed by atoms with Crippen molar-refractivity contribution in [3.63, 3.8) is 0 Å². The van der Waals surface area contributed by atoms with Crippen LogP contribution in [0.5, 0.6) is 0 Å². The monoisotopic (exact) mass is 577 g/mol. The van der Waals surface area contributed by atoms with Crippen molar-refractivity contribution in [2.45, 2.75) is 71.8 Å². The van der Waals surface area contributed by atoms with Crippen LogP contribution >= 0.6 is 7.60 Å². The lowest BCUT2D eigenvalue weighted by atomic mass is 9.88. The first kappa shape index (κ1) is 29.0. The number of carbonyl (C=O) groups is 2. The second-order valence-corrected chi connectivity index (χ2v) is 12.6. The molecule has 9 nitrogen and oxygen atoms in total. The van der Waals surface area contributed by atoms with Gasteiger partial charge in [0.1, 0.15) is 0 Å². The van der Waals surface area contributed by atoms with Gasteiger partial charge in [-0.25, -0.2) is 0 Å². The van der Waals surface area contributed by atoms with Crippen molar-refractivity contribution < 1.29 is 23.9 Å². The summed E-state index contributed by atoms with van der Waals surface area (Å²) in [5.74, 6) is -0.354. The van der Waals surface area contributed by atoms with Gasteiger partial charge in [-0.15, -0.1) is 0 Å². The molecule has 2 aromatic carbocycles. The molecule has 216 valence electrons. The smallest absolute Gasteiger partial charge is 0.348 e. The molecule has 0 unspecified atom stereocenters. The summed E-state index contributed by atoms with van der Waals surface area (Å²) in [6, 6.07) is 9.55. The van der Waals surface area contributed by atoms with Gasteiger partial charge in [-0.05, 0) is 104 Å². The Kier molecular flexibility index (Phi) is 8.32. The molecule has 1 fully saturated rings. The summed E-state index contributed by atoms with van der Waals surface area (Å²) in [5, 5.41) is 2.87. The molecule has 1 aliphatic heterocycles. The van der Waals surface area contributed by atoms with Gasteiger partial charge in [-0.2, -0.15) is 0 Å². The molecule has 1 saturated heterocycles. The lowest BCUT2D eigenvalue weighted by Gasteiger charge is -2.25. The molecule has 5 rings (SSSR count). The van der Waals surface area contributed by atoms with Gasteiger partial charge in [0.05, 0.1) is 5.30 Å². The van der Waals surface area contributed by atoms with Crippen LogP contribution in [0.15, 0.2) is 41.2 Å². The second kappa shape index (κ2) is 11.8. The van der Waals surface area contributed by atoms with Crippen molar-refractivity contribution in [2.75, 3.05) is 11.4 Å². The molecule has 2 heterocycles. The molecule has 1 aliphatic carbocycles. The summed E-state index contributed by atoms with van der Waals surface area (Å²) in [5.41, 5.74) is 6.48. The SMILES string of the molecule is Cc1[nH]c(=O)c(CNC(=O)c2cc(-c3ccc(P(=O)(O)O)cc3)cc(N3CCCCCC3=O)c2C)c2c1CCCC2. The number of aryl methyl sites for hydroxylation is 1. The molecular formula is C31H36N3O6P. The molecule has 2 aliphatic rings. The molecular weight excluding hydrogens is 541 g/mol. The number of nitrogens with zero attached hydrogens (tertiary/aromatic N) is 1. The number of amides is 2. The highest BCUT2D eigenvalue weighted by Gasteiger charge is 2.25. The number of aromatic amines is 1. The predicted molar refractivity (Wildman–Crippen MR) is 159 cm³/mol. The maximum atomic E-state index is 13.7. The molecule has 1 aromatic heterocycles. The van der Waals surface area contributed by atoms with E-state index in [1.807, 2.05) is 19.9 Å². The Balaban J connectivity index is 1.53. The van der Waals surface area contributed by atoms with E-state index in [0.29, 0.717) is 46.5 Å². The molecule has 3 aromatic rings. The molecule has 0 saturated carbocycles. The molecule has 10 heteroatoms. The zero-order valence-electron chi connectivity index (χ0n) is 23.5. The molecule has 41 heavy (non-hydrogen) atoms. The number of nitrogens with one attached hydrogen (secondary N) is 2. The Hall–Kier alpha value is -3.52. The summed E-state index contributed by atoms with van der Waals surface area (Å²) < 4.78 is 11.7. The number of pyridine rings is 1. The quantitative estimate of drug-likeness (QED) is 0.324. The third-order valence-electron chi connectivity index (χ3n) is 8.31. The standard InChI is InChI=1S/C31H36N3O6P/c1-19-26(30(36)32-18-27-25-9-6-5-8-24(25)20(2)33-31(27)37)16-22(21-11-13-23(14-12-21)41(38,39)40)17-28(19)34-15-7-3-4-10-29(34)35/h11-14,16-17H,3-10,15,18H2,1-2H3,(H,32,36)(H,33,37)(H2,38,39,40). The van der Waals surface area contributed by atoms with E-state index in [-0.39, 0.29) is 29.2 Å². The first-order valence-corrected chi connectivity index (χ1v) is 15.8. The summed E-state index contributed by atoms with van der Waals surface area (Å²) in [6.45, 7) is 4.38. The van der Waals surface area contributed by atoms with Gasteiger partial charge in [0.25, 0.3) is 11.5 Å². The van der Waals surface area contributed by atoms with Gasteiger partial charge < -0.3 is 25.0 Å². The van der Waals surface area contributed by atoms with Crippen molar-refractivity contribution in [1.82, 2.24) is 10.3 Å². The Morgan fingerprint density at radius 1 is 0.927 bits per heavy atom. The van der Waals surface area contributed by atoms with E-state index in [9.17, 15) is 28.7 Å². The van der Waals surface area contributed by atoms with Gasteiger partial charge >= 0.3 is 7.60 Å². The van der Waals surface area contributed by atoms with Gasteiger partial charge in [-0.3, -0.25) is 18.9 Å². The topological polar surface area (TPSA) is 140 Å². The Labute approximate surface area is 239 Å². The summed E-state index contributed by atoms with van der Waals surface area (Å²) in [7, 11) is -4.41. The molecule has 0 atom stereocenters. The van der Waals surface area contributed by atoms with Crippen LogP contribution in [0.25, 0.3) is 11.1 Å². The normalized spacial score (nSPS) is 15.8. The first-order chi connectivity index (χ1) is 19.5. The Bertz CT molecular complexity index is 1610. The van der Waals surface area contributed by atoms with Crippen LogP contribution in [0.1, 0.15) is 76.8 Å². The number of fused-ring (bicyclic) bond motifs is 1. The van der Waals surface area contributed by atoms with Crippen LogP contribution < -0.4 is 21.1 Å². The summed E-state index contributed by atoms with van der Waals surface area (Å²) in [6.07, 6.45) is 6.86. The maximum absolute atomic E-state index is 13.7. The van der Waals surface area contributed by atoms with Crippen LogP contribution in [0.3, 0.4) is 0 Å². The number of H-pyrrole nitrogens is 1. The number of anilines is 1. The van der Waals surface area contributed by atoms with Crippen LogP contribution in [0, 0.1) is 13.8 Å². The fraction of sp³-hybridized carbons (Fsp3) is 0.387. The largest absolute Gasteiger partial charge is 0.356 e. The van der Waals surface area contributed by atoms with Gasteiger partial charge in [0.2, 0.25) is 5.91 Å². The fourth-order valence-corrected chi connectivity index (χ4v) is 6.57. The van der Waals surface area contributed by atoms with Crippen molar-refractivity contribution in [3.8, 4) is 11.1 Å². The maximum Gasteiger partial charge on any atom is 0.356 e. The molecule has 0 bridgehead atoms. The summed E-state index contributed by atoms with van der Waals surface area (Å²) >= 11 is 0. The molecule has 0 spiro atoms. The van der Waals surface area contributed by atoms with Crippen LogP contribution in [-0.4, -0.2) is 33.1 Å². The lowest BCUT2D eigenvalue weighted by molar-refractivity contribution is -0.118. The average molecular weight is 578 g/mol.